The van der Waals surface area contributed by atoms with E-state index in [1.165, 1.54) is 17.7 Å². The largest absolute Gasteiger partial charge is 0.507 e. The van der Waals surface area contributed by atoms with Gasteiger partial charge in [-0.1, -0.05) is 122 Å². The topological polar surface area (TPSA) is 93.1 Å². The number of carbonyl (C=O) groups is 2. The quantitative estimate of drug-likeness (QED) is 0.106. The van der Waals surface area contributed by atoms with Crippen LogP contribution in [0.15, 0.2) is 66.7 Å². The van der Waals surface area contributed by atoms with Gasteiger partial charge in [0.15, 0.2) is 6.61 Å². The van der Waals surface area contributed by atoms with Crippen LogP contribution in [0.5, 0.6) is 17.2 Å². The summed E-state index contributed by atoms with van der Waals surface area (Å²) in [4.78, 5) is 23.0. The van der Waals surface area contributed by atoms with Crippen molar-refractivity contribution in [2.75, 3.05) is 6.61 Å². The van der Waals surface area contributed by atoms with Crippen LogP contribution in [0.4, 0.5) is 0 Å². The lowest BCUT2D eigenvalue weighted by atomic mass is 9.75. The molecule has 3 aromatic rings. The Hall–Kier alpha value is -3.48. The van der Waals surface area contributed by atoms with E-state index in [0.29, 0.717) is 39.3 Å². The maximum atomic E-state index is 12.9. The lowest BCUT2D eigenvalue weighted by Crippen LogP contribution is -2.24. The third-order valence-electron chi connectivity index (χ3n) is 9.22. The maximum Gasteiger partial charge on any atom is 0.341 e. The van der Waals surface area contributed by atoms with E-state index in [1.54, 1.807) is 6.07 Å². The molecule has 0 radical (unpaired) electrons. The first-order chi connectivity index (χ1) is 21.8. The SMILES string of the molecule is C=C(C(=O)Oc1ccccc1Cc1cc(C(C)(C)CC)cc(C(C)(C)CC)c1O)C(C)(C)CC.O=C(O)COc1ccc(Cl)cc1Cl. The Kier molecular flexibility index (Phi) is 14.0. The predicted octanol–water partition coefficient (Wildman–Crippen LogP) is 10.7. The summed E-state index contributed by atoms with van der Waals surface area (Å²) in [6.45, 7) is 22.8. The van der Waals surface area contributed by atoms with Crippen molar-refractivity contribution in [1.29, 1.82) is 0 Å². The van der Waals surface area contributed by atoms with Gasteiger partial charge in [0.1, 0.15) is 17.2 Å². The smallest absolute Gasteiger partial charge is 0.341 e. The molecule has 0 spiro atoms. The molecule has 3 aromatic carbocycles. The molecule has 0 heterocycles. The zero-order chi connectivity index (χ0) is 35.7. The highest BCUT2D eigenvalue weighted by Crippen LogP contribution is 2.41. The van der Waals surface area contributed by atoms with E-state index >= 15 is 0 Å². The Morgan fingerprint density at radius 3 is 1.98 bits per heavy atom. The molecule has 0 bridgehead atoms. The fourth-order valence-electron chi connectivity index (χ4n) is 4.47. The average Bonchev–Trinajstić information content (AvgIpc) is 3.02. The Bertz CT molecular complexity index is 1570. The number of ether oxygens (including phenoxy) is 2. The number of rotatable bonds is 13. The molecular weight excluding hydrogens is 635 g/mol. The second kappa shape index (κ2) is 16.6. The molecule has 0 unspecified atom stereocenters. The lowest BCUT2D eigenvalue weighted by Gasteiger charge is -2.31. The monoisotopic (exact) mass is 684 g/mol. The van der Waals surface area contributed by atoms with Gasteiger partial charge in [0.25, 0.3) is 0 Å². The number of carboxylic acid groups (broad SMARTS) is 1. The number of benzene rings is 3. The zero-order valence-electron chi connectivity index (χ0n) is 29.2. The summed E-state index contributed by atoms with van der Waals surface area (Å²) in [5, 5.41) is 20.5. The summed E-state index contributed by atoms with van der Waals surface area (Å²) >= 11 is 11.3. The summed E-state index contributed by atoms with van der Waals surface area (Å²) in [6, 6.07) is 16.4. The van der Waals surface area contributed by atoms with Crippen molar-refractivity contribution in [3.63, 3.8) is 0 Å². The van der Waals surface area contributed by atoms with Crippen LogP contribution in [0, 0.1) is 5.41 Å². The van der Waals surface area contributed by atoms with Gasteiger partial charge < -0.3 is 19.7 Å². The molecule has 47 heavy (non-hydrogen) atoms. The highest BCUT2D eigenvalue weighted by molar-refractivity contribution is 6.35. The summed E-state index contributed by atoms with van der Waals surface area (Å²) in [5.41, 5.74) is 3.86. The molecule has 0 aliphatic rings. The van der Waals surface area contributed by atoms with Crippen LogP contribution in [-0.4, -0.2) is 28.8 Å². The minimum absolute atomic E-state index is 0.0174. The molecule has 0 atom stereocenters. The van der Waals surface area contributed by atoms with Crippen molar-refractivity contribution in [2.24, 2.45) is 5.41 Å². The number of carboxylic acids is 1. The summed E-state index contributed by atoms with van der Waals surface area (Å²) in [6.07, 6.45) is 3.18. The van der Waals surface area contributed by atoms with E-state index < -0.39 is 18.5 Å². The van der Waals surface area contributed by atoms with Gasteiger partial charge in [-0.15, -0.1) is 0 Å². The average molecular weight is 686 g/mol. The molecule has 0 fully saturated rings. The second-order valence-electron chi connectivity index (χ2n) is 13.7. The number of hydrogen-bond donors (Lipinski definition) is 2. The van der Waals surface area contributed by atoms with Crippen LogP contribution in [-0.2, 0) is 26.8 Å². The van der Waals surface area contributed by atoms with Gasteiger partial charge in [-0.3, -0.25) is 0 Å². The number of aliphatic carboxylic acids is 1. The third-order valence-corrected chi connectivity index (χ3v) is 9.75. The molecular formula is C39H50Cl2O6. The van der Waals surface area contributed by atoms with E-state index in [0.717, 1.165) is 36.0 Å². The summed E-state index contributed by atoms with van der Waals surface area (Å²) in [5.74, 6) is -0.298. The Labute approximate surface area is 290 Å². The molecule has 0 aliphatic heterocycles. The van der Waals surface area contributed by atoms with Gasteiger partial charge in [0.2, 0.25) is 0 Å². The molecule has 0 saturated heterocycles. The minimum atomic E-state index is -1.05. The van der Waals surface area contributed by atoms with Gasteiger partial charge in [0, 0.05) is 22.6 Å². The molecule has 6 nitrogen and oxygen atoms in total. The first-order valence-electron chi connectivity index (χ1n) is 16.0. The summed E-state index contributed by atoms with van der Waals surface area (Å²) < 4.78 is 10.7. The van der Waals surface area contributed by atoms with Crippen LogP contribution in [0.25, 0.3) is 0 Å². The second-order valence-corrected chi connectivity index (χ2v) is 14.5. The van der Waals surface area contributed by atoms with Gasteiger partial charge in [-0.25, -0.2) is 9.59 Å². The van der Waals surface area contributed by atoms with E-state index in [1.807, 2.05) is 45.0 Å². The number of phenolic OH excluding ortho intramolecular Hbond substituents is 1. The highest BCUT2D eigenvalue weighted by Gasteiger charge is 2.29. The molecule has 0 aliphatic carbocycles. The normalized spacial score (nSPS) is 11.7. The molecule has 0 saturated carbocycles. The highest BCUT2D eigenvalue weighted by atomic mass is 35.5. The number of carbonyl (C=O) groups excluding carboxylic acids is 1. The molecule has 0 amide bonds. The number of phenols is 1. The maximum absolute atomic E-state index is 12.9. The first-order valence-corrected chi connectivity index (χ1v) is 16.7. The Balaban J connectivity index is 0.000000492. The summed E-state index contributed by atoms with van der Waals surface area (Å²) in [7, 11) is 0. The van der Waals surface area contributed by atoms with Crippen molar-refractivity contribution in [3.05, 3.63) is 99.0 Å². The Morgan fingerprint density at radius 1 is 0.809 bits per heavy atom. The van der Waals surface area contributed by atoms with Crippen LogP contribution in [0.1, 0.15) is 104 Å². The minimum Gasteiger partial charge on any atom is -0.507 e. The van der Waals surface area contributed by atoms with E-state index in [2.05, 4.69) is 60.3 Å². The third kappa shape index (κ3) is 10.8. The fourth-order valence-corrected chi connectivity index (χ4v) is 4.93. The van der Waals surface area contributed by atoms with Gasteiger partial charge in [0.05, 0.1) is 5.02 Å². The molecule has 2 N–H and O–H groups in total. The number of halogens is 2. The van der Waals surface area contributed by atoms with Crippen molar-refractivity contribution in [2.45, 2.75) is 98.8 Å². The van der Waals surface area contributed by atoms with E-state index in [9.17, 15) is 14.7 Å². The van der Waals surface area contributed by atoms with Crippen molar-refractivity contribution < 1.29 is 29.3 Å². The molecule has 8 heteroatoms. The van der Waals surface area contributed by atoms with Crippen molar-refractivity contribution >= 4 is 35.1 Å². The standard InChI is InChI=1S/C31H44O3.C8H6Cl2O3/c1-11-29(5,6)21(4)28(33)34-26-17-15-14-16-22(26)18-23-19-24(30(7,8)12-2)20-25(27(23)32)31(9,10)13-3;9-5-1-2-7(6(10)3-5)13-4-8(11)12/h14-17,19-20,32H,4,11-13,18H2,1-3,5-10H3;1-3H,4H2,(H,11,12). The van der Waals surface area contributed by atoms with Crippen LogP contribution in [0.3, 0.4) is 0 Å². The number of aromatic hydroxyl groups is 1. The predicted molar refractivity (Wildman–Crippen MR) is 192 cm³/mol. The lowest BCUT2D eigenvalue weighted by molar-refractivity contribution is -0.139. The van der Waals surface area contributed by atoms with Crippen LogP contribution >= 0.6 is 23.2 Å². The molecule has 256 valence electrons. The fraction of sp³-hybridized carbons (Fsp3) is 0.436. The van der Waals surface area contributed by atoms with E-state index in [4.69, 9.17) is 37.8 Å². The van der Waals surface area contributed by atoms with Crippen molar-refractivity contribution in [1.82, 2.24) is 0 Å². The first kappa shape index (κ1) is 39.7. The zero-order valence-corrected chi connectivity index (χ0v) is 30.7. The molecule has 0 aromatic heterocycles. The van der Waals surface area contributed by atoms with Crippen LogP contribution < -0.4 is 9.47 Å². The van der Waals surface area contributed by atoms with E-state index in [-0.39, 0.29) is 16.2 Å². The number of esters is 1. The number of hydrogen-bond acceptors (Lipinski definition) is 5. The van der Waals surface area contributed by atoms with Gasteiger partial charge in [-0.05, 0) is 76.5 Å². The van der Waals surface area contributed by atoms with Crippen LogP contribution in [0.2, 0.25) is 10.0 Å². The molecule has 3 rings (SSSR count). The number of para-hydroxylation sites is 1. The van der Waals surface area contributed by atoms with Gasteiger partial charge in [-0.2, -0.15) is 0 Å². The Morgan fingerprint density at radius 2 is 1.43 bits per heavy atom. The van der Waals surface area contributed by atoms with Crippen molar-refractivity contribution in [3.8, 4) is 17.2 Å². The van der Waals surface area contributed by atoms with Gasteiger partial charge >= 0.3 is 11.9 Å².